The number of hydrogen-bond acceptors (Lipinski definition) is 3. The summed E-state index contributed by atoms with van der Waals surface area (Å²) in [5, 5.41) is 12.8. The van der Waals surface area contributed by atoms with Crippen LogP contribution >= 0.6 is 0 Å². The Morgan fingerprint density at radius 3 is 2.21 bits per heavy atom. The molecule has 1 fully saturated rings. The molecule has 4 nitrogen and oxygen atoms in total. The summed E-state index contributed by atoms with van der Waals surface area (Å²) in [6.07, 6.45) is 5.03. The molecule has 1 aliphatic heterocycles. The molecule has 0 bridgehead atoms. The summed E-state index contributed by atoms with van der Waals surface area (Å²) in [6.45, 7) is 15.3. The van der Waals surface area contributed by atoms with Crippen LogP contribution in [0.25, 0.3) is 0 Å². The van der Waals surface area contributed by atoms with Crippen LogP contribution in [0.4, 0.5) is 0 Å². The van der Waals surface area contributed by atoms with Gasteiger partial charge in [0.2, 0.25) is 5.91 Å². The van der Waals surface area contributed by atoms with Crippen molar-refractivity contribution < 1.29 is 9.90 Å². The van der Waals surface area contributed by atoms with Gasteiger partial charge in [-0.3, -0.25) is 9.69 Å². The Morgan fingerprint density at radius 2 is 1.69 bits per heavy atom. The average molecular weight is 401 g/mol. The minimum Gasteiger partial charge on any atom is -0.508 e. The van der Waals surface area contributed by atoms with Crippen molar-refractivity contribution in [3.05, 3.63) is 41.5 Å². The molecule has 0 aromatic heterocycles. The zero-order valence-corrected chi connectivity index (χ0v) is 19.5. The summed E-state index contributed by atoms with van der Waals surface area (Å²) >= 11 is 0. The minimum absolute atomic E-state index is 0.0620. The van der Waals surface area contributed by atoms with Gasteiger partial charge in [-0.25, -0.2) is 0 Å². The molecular formula is C25H40N2O2. The van der Waals surface area contributed by atoms with Crippen LogP contribution in [0.15, 0.2) is 35.9 Å². The number of amides is 1. The van der Waals surface area contributed by atoms with Crippen molar-refractivity contribution >= 4 is 5.91 Å². The van der Waals surface area contributed by atoms with Gasteiger partial charge in [-0.15, -0.1) is 0 Å². The number of allylic oxidation sites excluding steroid dienone is 1. The van der Waals surface area contributed by atoms with Crippen LogP contribution in [0.1, 0.15) is 66.9 Å². The number of phenols is 1. The molecule has 2 N–H and O–H groups in total. The lowest BCUT2D eigenvalue weighted by Crippen LogP contribution is -2.62. The lowest BCUT2D eigenvalue weighted by molar-refractivity contribution is -0.125. The summed E-state index contributed by atoms with van der Waals surface area (Å²) in [6, 6.07) is 7.55. The van der Waals surface area contributed by atoms with Gasteiger partial charge < -0.3 is 10.4 Å². The van der Waals surface area contributed by atoms with Crippen LogP contribution < -0.4 is 5.32 Å². The first-order valence-electron chi connectivity index (χ1n) is 10.8. The van der Waals surface area contributed by atoms with Gasteiger partial charge in [0.05, 0.1) is 5.92 Å². The molecular weight excluding hydrogens is 360 g/mol. The maximum atomic E-state index is 12.9. The monoisotopic (exact) mass is 400 g/mol. The number of carbonyl (C=O) groups excluding carboxylic acids is 1. The van der Waals surface area contributed by atoms with E-state index < -0.39 is 0 Å². The fraction of sp³-hybridized carbons (Fsp3) is 0.640. The number of likely N-dealkylation sites (tertiary alicyclic amines) is 1. The van der Waals surface area contributed by atoms with Crippen molar-refractivity contribution in [1.82, 2.24) is 10.2 Å². The van der Waals surface area contributed by atoms with E-state index in [0.717, 1.165) is 24.8 Å². The van der Waals surface area contributed by atoms with E-state index in [0.29, 0.717) is 11.7 Å². The number of piperidine rings is 1. The standard InChI is InChI=1S/C25H40N2O2/c1-17(14-20-9-11-22(28)12-10-20)13-18(2)19(3)23(29)26-21-15-24(4,5)27(8)25(6,7)16-21/h9-13,17,19,21,28H,14-16H2,1-8H3,(H,26,29)/b18-13+/t17-,19+/m1/s1. The molecule has 0 aliphatic carbocycles. The van der Waals surface area contributed by atoms with Gasteiger partial charge >= 0.3 is 0 Å². The first-order chi connectivity index (χ1) is 13.3. The normalized spacial score (nSPS) is 22.1. The predicted molar refractivity (Wildman–Crippen MR) is 121 cm³/mol. The number of aromatic hydroxyl groups is 1. The van der Waals surface area contributed by atoms with Crippen LogP contribution in [0.3, 0.4) is 0 Å². The van der Waals surface area contributed by atoms with Gasteiger partial charge in [-0.1, -0.05) is 30.7 Å². The second-order valence-corrected chi connectivity index (χ2v) is 10.3. The molecule has 1 aliphatic rings. The van der Waals surface area contributed by atoms with Crippen LogP contribution in [-0.2, 0) is 11.2 Å². The second kappa shape index (κ2) is 8.91. The first kappa shape index (κ1) is 23.5. The van der Waals surface area contributed by atoms with Crippen LogP contribution in [0.5, 0.6) is 5.75 Å². The Morgan fingerprint density at radius 1 is 1.17 bits per heavy atom. The molecule has 1 amide bonds. The molecule has 0 spiro atoms. The zero-order valence-electron chi connectivity index (χ0n) is 19.5. The van der Waals surface area contributed by atoms with Crippen molar-refractivity contribution in [2.24, 2.45) is 11.8 Å². The number of hydrogen-bond donors (Lipinski definition) is 2. The van der Waals surface area contributed by atoms with Crippen molar-refractivity contribution in [2.75, 3.05) is 7.05 Å². The summed E-state index contributed by atoms with van der Waals surface area (Å²) in [5.41, 5.74) is 2.42. The third-order valence-corrected chi connectivity index (χ3v) is 6.77. The molecule has 1 saturated heterocycles. The maximum Gasteiger partial charge on any atom is 0.227 e. The molecule has 1 aromatic carbocycles. The van der Waals surface area contributed by atoms with E-state index in [1.165, 1.54) is 5.56 Å². The van der Waals surface area contributed by atoms with Crippen molar-refractivity contribution in [1.29, 1.82) is 0 Å². The Balaban J connectivity index is 1.97. The average Bonchev–Trinajstić information content (AvgIpc) is 2.60. The number of carbonyl (C=O) groups is 1. The SMILES string of the molecule is C/C(=C\[C@@H](C)Cc1ccc(O)cc1)[C@H](C)C(=O)NC1CC(C)(C)N(C)C(C)(C)C1. The van der Waals surface area contributed by atoms with E-state index >= 15 is 0 Å². The number of benzene rings is 1. The number of nitrogens with one attached hydrogen (secondary N) is 1. The molecule has 1 aromatic rings. The molecule has 4 heteroatoms. The highest BCUT2D eigenvalue weighted by molar-refractivity contribution is 5.81. The van der Waals surface area contributed by atoms with Crippen molar-refractivity contribution in [3.63, 3.8) is 0 Å². The highest BCUT2D eigenvalue weighted by Gasteiger charge is 2.43. The highest BCUT2D eigenvalue weighted by atomic mass is 16.3. The lowest BCUT2D eigenvalue weighted by Gasteiger charge is -2.53. The fourth-order valence-corrected chi connectivity index (χ4v) is 4.66. The summed E-state index contributed by atoms with van der Waals surface area (Å²) in [4.78, 5) is 15.4. The lowest BCUT2D eigenvalue weighted by atomic mass is 9.77. The van der Waals surface area contributed by atoms with E-state index in [-0.39, 0.29) is 28.9 Å². The molecule has 2 rings (SSSR count). The van der Waals surface area contributed by atoms with Gasteiger partial charge in [-0.05, 0) is 91.5 Å². The first-order valence-corrected chi connectivity index (χ1v) is 10.8. The number of phenolic OH excluding ortho intramolecular Hbond substituents is 1. The predicted octanol–water partition coefficient (Wildman–Crippen LogP) is 4.92. The van der Waals surface area contributed by atoms with Gasteiger partial charge in [0.15, 0.2) is 0 Å². The molecule has 0 unspecified atom stereocenters. The molecule has 0 radical (unpaired) electrons. The number of nitrogens with zero attached hydrogens (tertiary/aromatic N) is 1. The Bertz CT molecular complexity index is 716. The number of rotatable bonds is 6. The van der Waals surface area contributed by atoms with Crippen molar-refractivity contribution in [3.8, 4) is 5.75 Å². The van der Waals surface area contributed by atoms with Gasteiger partial charge in [0.1, 0.15) is 5.75 Å². The zero-order chi connectivity index (χ0) is 22.0. The van der Waals surface area contributed by atoms with Gasteiger partial charge in [-0.2, -0.15) is 0 Å². The largest absolute Gasteiger partial charge is 0.508 e. The summed E-state index contributed by atoms with van der Waals surface area (Å²) in [5.74, 6) is 0.606. The molecule has 2 atom stereocenters. The fourth-order valence-electron chi connectivity index (χ4n) is 4.66. The molecule has 0 saturated carbocycles. The van der Waals surface area contributed by atoms with E-state index in [1.807, 2.05) is 19.1 Å². The summed E-state index contributed by atoms with van der Waals surface area (Å²) in [7, 11) is 2.18. The Hall–Kier alpha value is -1.81. The van der Waals surface area contributed by atoms with Crippen LogP contribution in [0.2, 0.25) is 0 Å². The van der Waals surface area contributed by atoms with Gasteiger partial charge in [0.25, 0.3) is 0 Å². The summed E-state index contributed by atoms with van der Waals surface area (Å²) < 4.78 is 0. The molecule has 29 heavy (non-hydrogen) atoms. The molecule has 1 heterocycles. The Labute approximate surface area is 177 Å². The van der Waals surface area contributed by atoms with Crippen molar-refractivity contribution in [2.45, 2.75) is 84.8 Å². The smallest absolute Gasteiger partial charge is 0.227 e. The van der Waals surface area contributed by atoms with E-state index in [4.69, 9.17) is 0 Å². The van der Waals surface area contributed by atoms with Crippen LogP contribution in [-0.4, -0.2) is 40.1 Å². The topological polar surface area (TPSA) is 52.6 Å². The van der Waals surface area contributed by atoms with E-state index in [2.05, 4.69) is 64.9 Å². The van der Waals surface area contributed by atoms with E-state index in [9.17, 15) is 9.90 Å². The van der Waals surface area contributed by atoms with E-state index in [1.54, 1.807) is 12.1 Å². The Kier molecular flexibility index (Phi) is 7.21. The van der Waals surface area contributed by atoms with Crippen LogP contribution in [0, 0.1) is 11.8 Å². The third-order valence-electron chi connectivity index (χ3n) is 6.77. The third kappa shape index (κ3) is 6.08. The quantitative estimate of drug-likeness (QED) is 0.666. The van der Waals surface area contributed by atoms with Gasteiger partial charge in [0, 0.05) is 17.1 Å². The molecule has 162 valence electrons. The maximum absolute atomic E-state index is 12.9. The minimum atomic E-state index is -0.136. The highest BCUT2D eigenvalue weighted by Crippen LogP contribution is 2.37. The second-order valence-electron chi connectivity index (χ2n) is 10.3.